The Morgan fingerprint density at radius 1 is 1.50 bits per heavy atom. The van der Waals surface area contributed by atoms with Crippen molar-refractivity contribution >= 4 is 38.0 Å². The lowest BCUT2D eigenvalue weighted by Gasteiger charge is -1.89. The van der Waals surface area contributed by atoms with Gasteiger partial charge in [0.2, 0.25) is 5.82 Å². The highest BCUT2D eigenvalue weighted by Crippen LogP contribution is 2.39. The van der Waals surface area contributed by atoms with Crippen molar-refractivity contribution in [3.63, 3.8) is 0 Å². The first kappa shape index (κ1) is 9.36. The van der Waals surface area contributed by atoms with Crippen molar-refractivity contribution in [2.24, 2.45) is 0 Å². The minimum atomic E-state index is -0.808. The molecule has 0 N–H and O–H groups in total. The third-order valence-electron chi connectivity index (χ3n) is 1.76. The summed E-state index contributed by atoms with van der Waals surface area (Å²) < 4.78 is 13.8. The molecular weight excluding hydrogens is 229 g/mol. The Morgan fingerprint density at radius 2 is 2.21 bits per heavy atom. The van der Waals surface area contributed by atoms with E-state index < -0.39 is 15.7 Å². The summed E-state index contributed by atoms with van der Waals surface area (Å²) in [5, 5.41) is 10.5. The molecule has 0 amide bonds. The first-order valence-corrected chi connectivity index (χ1v) is 4.81. The molecule has 0 fully saturated rings. The van der Waals surface area contributed by atoms with E-state index in [4.69, 9.17) is 11.6 Å². The number of rotatable bonds is 1. The van der Waals surface area contributed by atoms with E-state index in [0.717, 1.165) is 11.3 Å². The Morgan fingerprint density at radius 3 is 2.79 bits per heavy atom. The quantitative estimate of drug-likeness (QED) is 0.556. The molecule has 6 heteroatoms. The number of halogens is 2. The molecule has 14 heavy (non-hydrogen) atoms. The third-order valence-corrected chi connectivity index (χ3v) is 3.35. The van der Waals surface area contributed by atoms with Gasteiger partial charge in [-0.25, -0.2) is 0 Å². The second-order valence-corrected chi connectivity index (χ2v) is 4.00. The second kappa shape index (κ2) is 3.18. The second-order valence-electron chi connectivity index (χ2n) is 2.59. The van der Waals surface area contributed by atoms with Crippen LogP contribution in [0.15, 0.2) is 18.2 Å². The van der Waals surface area contributed by atoms with Crippen molar-refractivity contribution in [2.75, 3.05) is 0 Å². The number of nitrogens with zero attached hydrogens (tertiary/aromatic N) is 1. The summed E-state index contributed by atoms with van der Waals surface area (Å²) in [7, 11) is 0. The molecule has 1 aromatic carbocycles. The van der Waals surface area contributed by atoms with Crippen molar-refractivity contribution in [3.05, 3.63) is 39.2 Å². The zero-order valence-corrected chi connectivity index (χ0v) is 8.23. The van der Waals surface area contributed by atoms with Gasteiger partial charge < -0.3 is 0 Å². The maximum Gasteiger partial charge on any atom is 0.360 e. The molecule has 0 atom stereocenters. The molecule has 1 heterocycles. The van der Waals surface area contributed by atoms with Gasteiger partial charge in [0, 0.05) is 5.39 Å². The predicted octanol–water partition coefficient (Wildman–Crippen LogP) is 3.60. The van der Waals surface area contributed by atoms with Crippen molar-refractivity contribution < 1.29 is 9.31 Å². The van der Waals surface area contributed by atoms with E-state index >= 15 is 0 Å². The van der Waals surface area contributed by atoms with Gasteiger partial charge in [0.1, 0.15) is 0 Å². The summed E-state index contributed by atoms with van der Waals surface area (Å²) in [6.45, 7) is 0. The van der Waals surface area contributed by atoms with Gasteiger partial charge in [-0.3, -0.25) is 10.1 Å². The smallest absolute Gasteiger partial charge is 0.257 e. The van der Waals surface area contributed by atoms with Crippen LogP contribution >= 0.6 is 22.9 Å². The third kappa shape index (κ3) is 1.25. The number of fused-ring (bicyclic) bond motifs is 1. The van der Waals surface area contributed by atoms with E-state index in [1.54, 1.807) is 12.1 Å². The summed E-state index contributed by atoms with van der Waals surface area (Å²) >= 11 is 6.52. The normalized spacial score (nSPS) is 10.7. The van der Waals surface area contributed by atoms with Crippen LogP contribution in [0.25, 0.3) is 10.1 Å². The number of nitro groups is 1. The molecule has 2 rings (SSSR count). The van der Waals surface area contributed by atoms with E-state index in [2.05, 4.69) is 0 Å². The number of benzene rings is 1. The van der Waals surface area contributed by atoms with Gasteiger partial charge in [-0.2, -0.15) is 4.39 Å². The van der Waals surface area contributed by atoms with Crippen LogP contribution in [-0.4, -0.2) is 4.92 Å². The fraction of sp³-hybridized carbons (Fsp3) is 0. The highest BCUT2D eigenvalue weighted by molar-refractivity contribution is 7.22. The molecule has 0 spiro atoms. The SMILES string of the molecule is O=[N+]([O-])c1sc2c(Cl)cccc2c1F. The van der Waals surface area contributed by atoms with Gasteiger partial charge in [-0.05, 0) is 6.07 Å². The Hall–Kier alpha value is -1.20. The zero-order valence-electron chi connectivity index (χ0n) is 6.66. The van der Waals surface area contributed by atoms with Gasteiger partial charge in [-0.1, -0.05) is 35.1 Å². The lowest BCUT2D eigenvalue weighted by Crippen LogP contribution is -1.85. The molecule has 1 aromatic heterocycles. The minimum absolute atomic E-state index is 0.203. The van der Waals surface area contributed by atoms with Gasteiger partial charge in [0.25, 0.3) is 0 Å². The minimum Gasteiger partial charge on any atom is -0.257 e. The van der Waals surface area contributed by atoms with Crippen molar-refractivity contribution in [2.45, 2.75) is 0 Å². The number of thiophene rings is 1. The van der Waals surface area contributed by atoms with Crippen molar-refractivity contribution in [3.8, 4) is 0 Å². The van der Waals surface area contributed by atoms with E-state index in [1.165, 1.54) is 6.07 Å². The van der Waals surface area contributed by atoms with E-state index in [-0.39, 0.29) is 5.39 Å². The summed E-state index contributed by atoms with van der Waals surface area (Å²) in [6.07, 6.45) is 0. The standard InChI is InChI=1S/C8H3ClFNO2S/c9-5-3-1-2-4-6(10)8(11(12)13)14-7(4)5/h1-3H. The van der Waals surface area contributed by atoms with Crippen molar-refractivity contribution in [1.29, 1.82) is 0 Å². The van der Waals surface area contributed by atoms with Crippen LogP contribution < -0.4 is 0 Å². The zero-order chi connectivity index (χ0) is 10.3. The van der Waals surface area contributed by atoms with Crippen LogP contribution in [0.2, 0.25) is 5.02 Å². The molecule has 0 bridgehead atoms. The summed E-state index contributed by atoms with van der Waals surface area (Å²) in [4.78, 5) is 9.70. The Bertz CT molecular complexity index is 525. The van der Waals surface area contributed by atoms with Crippen LogP contribution in [0, 0.1) is 15.9 Å². The molecule has 0 aliphatic carbocycles. The van der Waals surface area contributed by atoms with Crippen LogP contribution in [-0.2, 0) is 0 Å². The fourth-order valence-corrected chi connectivity index (χ4v) is 2.35. The first-order chi connectivity index (χ1) is 6.61. The molecule has 0 aliphatic heterocycles. The largest absolute Gasteiger partial charge is 0.360 e. The number of hydrogen-bond donors (Lipinski definition) is 0. The Labute approximate surface area is 86.9 Å². The van der Waals surface area contributed by atoms with E-state index in [1.807, 2.05) is 0 Å². The highest BCUT2D eigenvalue weighted by Gasteiger charge is 2.22. The first-order valence-electron chi connectivity index (χ1n) is 3.62. The van der Waals surface area contributed by atoms with Crippen LogP contribution in [0.3, 0.4) is 0 Å². The highest BCUT2D eigenvalue weighted by atomic mass is 35.5. The van der Waals surface area contributed by atoms with E-state index in [0.29, 0.717) is 9.72 Å². The average Bonchev–Trinajstić information content (AvgIpc) is 2.46. The molecule has 2 aromatic rings. The molecule has 0 aliphatic rings. The predicted molar refractivity (Wildman–Crippen MR) is 53.4 cm³/mol. The lowest BCUT2D eigenvalue weighted by atomic mass is 10.2. The van der Waals surface area contributed by atoms with Crippen LogP contribution in [0.5, 0.6) is 0 Å². The molecule has 72 valence electrons. The molecular formula is C8H3ClFNO2S. The number of hydrogen-bond acceptors (Lipinski definition) is 3. The van der Waals surface area contributed by atoms with E-state index in [9.17, 15) is 14.5 Å². The van der Waals surface area contributed by atoms with Gasteiger partial charge in [0.15, 0.2) is 0 Å². The van der Waals surface area contributed by atoms with Crippen molar-refractivity contribution in [1.82, 2.24) is 0 Å². The van der Waals surface area contributed by atoms with Gasteiger partial charge >= 0.3 is 5.00 Å². The summed E-state index contributed by atoms with van der Waals surface area (Å²) in [5.41, 5.74) is 0. The average molecular weight is 232 g/mol. The molecule has 0 radical (unpaired) electrons. The monoisotopic (exact) mass is 231 g/mol. The maximum absolute atomic E-state index is 13.4. The maximum atomic E-state index is 13.4. The van der Waals surface area contributed by atoms with Crippen LogP contribution in [0.1, 0.15) is 0 Å². The van der Waals surface area contributed by atoms with Gasteiger partial charge in [0.05, 0.1) is 14.6 Å². The molecule has 0 saturated carbocycles. The molecule has 0 saturated heterocycles. The Kier molecular flexibility index (Phi) is 2.13. The molecule has 0 unspecified atom stereocenters. The topological polar surface area (TPSA) is 43.1 Å². The lowest BCUT2D eigenvalue weighted by molar-refractivity contribution is -0.382. The fourth-order valence-electron chi connectivity index (χ4n) is 1.16. The van der Waals surface area contributed by atoms with Gasteiger partial charge in [-0.15, -0.1) is 0 Å². The summed E-state index contributed by atoms with van der Waals surface area (Å²) in [6, 6.07) is 4.60. The summed E-state index contributed by atoms with van der Waals surface area (Å²) in [5.74, 6) is -0.808. The van der Waals surface area contributed by atoms with Crippen LogP contribution in [0.4, 0.5) is 9.39 Å². The Balaban J connectivity index is 2.86. The molecule has 3 nitrogen and oxygen atoms in total.